The van der Waals surface area contributed by atoms with E-state index in [-0.39, 0.29) is 31.5 Å². The average Bonchev–Trinajstić information content (AvgIpc) is 3.04. The van der Waals surface area contributed by atoms with Crippen molar-refractivity contribution >= 4 is 5.91 Å². The number of carbonyl (C=O) groups excluding carboxylic acids is 1. The molecule has 3 rings (SSSR count). The fourth-order valence-electron chi connectivity index (χ4n) is 2.47. The Morgan fingerprint density at radius 2 is 2.25 bits per heavy atom. The molecule has 1 fully saturated rings. The molecule has 2 heterocycles. The lowest BCUT2D eigenvalue weighted by atomic mass is 10.1. The van der Waals surface area contributed by atoms with Gasteiger partial charge in [0, 0.05) is 6.54 Å². The number of H-pyrrole nitrogens is 1. The zero-order chi connectivity index (χ0) is 17.0. The van der Waals surface area contributed by atoms with Gasteiger partial charge in [0.15, 0.2) is 0 Å². The molecule has 1 amide bonds. The molecule has 128 valence electrons. The van der Waals surface area contributed by atoms with E-state index in [4.69, 9.17) is 9.47 Å². The minimum absolute atomic E-state index is 0.0426. The van der Waals surface area contributed by atoms with Gasteiger partial charge < -0.3 is 24.5 Å². The van der Waals surface area contributed by atoms with Gasteiger partial charge in [0.25, 0.3) is 5.91 Å². The number of benzene rings is 1. The summed E-state index contributed by atoms with van der Waals surface area (Å²) < 4.78 is 23.8. The fourth-order valence-corrected chi connectivity index (χ4v) is 2.47. The highest BCUT2D eigenvalue weighted by molar-refractivity contribution is 5.92. The van der Waals surface area contributed by atoms with Crippen LogP contribution in [0.1, 0.15) is 10.5 Å². The Bertz CT molecular complexity index is 677. The van der Waals surface area contributed by atoms with Gasteiger partial charge in [0.1, 0.15) is 29.5 Å². The number of hydrogen-bond donors (Lipinski definition) is 2. The number of halogens is 1. The maximum Gasteiger partial charge on any atom is 0.272 e. The SMILES string of the molecule is O=C(c1cnc[nH]1)N1CCOCC(O)(COc2ccc(F)cc2)C1. The van der Waals surface area contributed by atoms with Gasteiger partial charge in [-0.3, -0.25) is 4.79 Å². The summed E-state index contributed by atoms with van der Waals surface area (Å²) >= 11 is 0. The van der Waals surface area contributed by atoms with Crippen molar-refractivity contribution in [3.05, 3.63) is 48.3 Å². The van der Waals surface area contributed by atoms with Crippen molar-refractivity contribution in [1.29, 1.82) is 0 Å². The van der Waals surface area contributed by atoms with Crippen molar-refractivity contribution in [2.24, 2.45) is 0 Å². The Balaban J connectivity index is 1.66. The number of aromatic nitrogens is 2. The first-order valence-corrected chi connectivity index (χ1v) is 7.52. The summed E-state index contributed by atoms with van der Waals surface area (Å²) in [6.45, 7) is 0.702. The second kappa shape index (κ2) is 6.98. The molecular weight excluding hydrogens is 317 g/mol. The molecule has 1 aliphatic rings. The van der Waals surface area contributed by atoms with E-state index in [1.165, 1.54) is 41.7 Å². The maximum absolute atomic E-state index is 12.9. The second-order valence-corrected chi connectivity index (χ2v) is 5.71. The van der Waals surface area contributed by atoms with Crippen LogP contribution in [0.5, 0.6) is 5.75 Å². The highest BCUT2D eigenvalue weighted by Crippen LogP contribution is 2.18. The first-order chi connectivity index (χ1) is 11.6. The molecular formula is C16H18FN3O4. The first-order valence-electron chi connectivity index (χ1n) is 7.52. The third-order valence-corrected chi connectivity index (χ3v) is 3.70. The molecule has 8 heteroatoms. The predicted molar refractivity (Wildman–Crippen MR) is 82.2 cm³/mol. The zero-order valence-electron chi connectivity index (χ0n) is 12.9. The molecule has 1 saturated heterocycles. The Labute approximate surface area is 138 Å². The highest BCUT2D eigenvalue weighted by atomic mass is 19.1. The van der Waals surface area contributed by atoms with Crippen LogP contribution in [0.3, 0.4) is 0 Å². The lowest BCUT2D eigenvalue weighted by molar-refractivity contribution is -0.0621. The molecule has 0 spiro atoms. The summed E-state index contributed by atoms with van der Waals surface area (Å²) in [5, 5.41) is 10.7. The number of ether oxygens (including phenoxy) is 2. The summed E-state index contributed by atoms with van der Waals surface area (Å²) in [5.74, 6) is -0.200. The van der Waals surface area contributed by atoms with Crippen LogP contribution in [0.2, 0.25) is 0 Å². The van der Waals surface area contributed by atoms with Crippen molar-refractivity contribution < 1.29 is 23.8 Å². The van der Waals surface area contributed by atoms with E-state index in [1.54, 1.807) is 0 Å². The normalized spacial score (nSPS) is 21.3. The highest BCUT2D eigenvalue weighted by Gasteiger charge is 2.36. The number of β-amino-alcohol motifs (C(OH)–C–C–N with tert-alkyl or cyclic N) is 1. The Kier molecular flexibility index (Phi) is 4.77. The quantitative estimate of drug-likeness (QED) is 0.864. The molecule has 0 bridgehead atoms. The Morgan fingerprint density at radius 3 is 2.96 bits per heavy atom. The number of imidazole rings is 1. The Morgan fingerprint density at radius 1 is 1.46 bits per heavy atom. The summed E-state index contributed by atoms with van der Waals surface area (Å²) in [5.41, 5.74) is -1.01. The zero-order valence-corrected chi connectivity index (χ0v) is 12.9. The van der Waals surface area contributed by atoms with Gasteiger partial charge in [0.2, 0.25) is 0 Å². The van der Waals surface area contributed by atoms with Crippen LogP contribution in [0.4, 0.5) is 4.39 Å². The molecule has 1 aliphatic heterocycles. The predicted octanol–water partition coefficient (Wildman–Crippen LogP) is 0.831. The minimum atomic E-state index is -1.36. The van der Waals surface area contributed by atoms with Crippen LogP contribution < -0.4 is 4.74 Å². The first kappa shape index (κ1) is 16.4. The molecule has 7 nitrogen and oxygen atoms in total. The monoisotopic (exact) mass is 335 g/mol. The fraction of sp³-hybridized carbons (Fsp3) is 0.375. The molecule has 1 unspecified atom stereocenters. The lowest BCUT2D eigenvalue weighted by Crippen LogP contribution is -2.50. The molecule has 2 aromatic rings. The number of amides is 1. The van der Waals surface area contributed by atoms with Crippen LogP contribution in [-0.4, -0.2) is 64.4 Å². The number of nitrogens with one attached hydrogen (secondary N) is 1. The van der Waals surface area contributed by atoms with Crippen molar-refractivity contribution in [3.8, 4) is 5.75 Å². The molecule has 0 radical (unpaired) electrons. The maximum atomic E-state index is 12.9. The summed E-state index contributed by atoms with van der Waals surface area (Å²) in [7, 11) is 0. The van der Waals surface area contributed by atoms with Crippen LogP contribution in [0, 0.1) is 5.82 Å². The molecule has 0 aliphatic carbocycles. The van der Waals surface area contributed by atoms with Gasteiger partial charge in [-0.25, -0.2) is 9.37 Å². The van der Waals surface area contributed by atoms with Gasteiger partial charge in [-0.1, -0.05) is 0 Å². The van der Waals surface area contributed by atoms with E-state index in [9.17, 15) is 14.3 Å². The molecule has 1 aromatic heterocycles. The van der Waals surface area contributed by atoms with Crippen LogP contribution in [-0.2, 0) is 4.74 Å². The van der Waals surface area contributed by atoms with E-state index in [2.05, 4.69) is 9.97 Å². The smallest absolute Gasteiger partial charge is 0.272 e. The van der Waals surface area contributed by atoms with Gasteiger partial charge >= 0.3 is 0 Å². The standard InChI is InChI=1S/C16H18FN3O4/c17-12-1-3-13(4-2-12)24-10-16(22)8-20(5-6-23-9-16)15(21)14-7-18-11-19-14/h1-4,7,11,22H,5-6,8-10H2,(H,18,19). The van der Waals surface area contributed by atoms with Crippen molar-refractivity contribution in [2.75, 3.05) is 32.9 Å². The van der Waals surface area contributed by atoms with E-state index < -0.39 is 5.60 Å². The number of aromatic amines is 1. The van der Waals surface area contributed by atoms with Crippen LogP contribution in [0.15, 0.2) is 36.8 Å². The van der Waals surface area contributed by atoms with Gasteiger partial charge in [-0.15, -0.1) is 0 Å². The van der Waals surface area contributed by atoms with E-state index in [1.807, 2.05) is 0 Å². The van der Waals surface area contributed by atoms with Gasteiger partial charge in [0.05, 0.1) is 32.3 Å². The molecule has 2 N–H and O–H groups in total. The minimum Gasteiger partial charge on any atom is -0.490 e. The third kappa shape index (κ3) is 3.90. The molecule has 1 atom stereocenters. The number of rotatable bonds is 4. The number of aliphatic hydroxyl groups is 1. The largest absolute Gasteiger partial charge is 0.490 e. The van der Waals surface area contributed by atoms with Gasteiger partial charge in [-0.05, 0) is 24.3 Å². The summed E-state index contributed by atoms with van der Waals surface area (Å²) in [6.07, 6.45) is 2.85. The molecule has 1 aromatic carbocycles. The van der Waals surface area contributed by atoms with E-state index in [0.717, 1.165) is 0 Å². The van der Waals surface area contributed by atoms with Crippen LogP contribution in [0.25, 0.3) is 0 Å². The Hall–Kier alpha value is -2.45. The molecule has 0 saturated carbocycles. The topological polar surface area (TPSA) is 87.7 Å². The lowest BCUT2D eigenvalue weighted by Gasteiger charge is -2.30. The summed E-state index contributed by atoms with van der Waals surface area (Å²) in [4.78, 5) is 20.5. The average molecular weight is 335 g/mol. The van der Waals surface area contributed by atoms with E-state index in [0.29, 0.717) is 24.6 Å². The van der Waals surface area contributed by atoms with Gasteiger partial charge in [-0.2, -0.15) is 0 Å². The van der Waals surface area contributed by atoms with E-state index >= 15 is 0 Å². The van der Waals surface area contributed by atoms with Crippen molar-refractivity contribution in [1.82, 2.24) is 14.9 Å². The van der Waals surface area contributed by atoms with Crippen molar-refractivity contribution in [2.45, 2.75) is 5.60 Å². The third-order valence-electron chi connectivity index (χ3n) is 3.70. The number of nitrogens with zero attached hydrogens (tertiary/aromatic N) is 2. The summed E-state index contributed by atoms with van der Waals surface area (Å²) in [6, 6.07) is 5.50. The van der Waals surface area contributed by atoms with Crippen molar-refractivity contribution in [3.63, 3.8) is 0 Å². The second-order valence-electron chi connectivity index (χ2n) is 5.71. The number of hydrogen-bond acceptors (Lipinski definition) is 5. The molecule has 24 heavy (non-hydrogen) atoms. The number of carbonyl (C=O) groups is 1. The van der Waals surface area contributed by atoms with Crippen LogP contribution >= 0.6 is 0 Å².